The monoisotopic (exact) mass is 299 g/mol. The summed E-state index contributed by atoms with van der Waals surface area (Å²) in [6.45, 7) is 1.72. The Morgan fingerprint density at radius 3 is 2.17 bits per heavy atom. The van der Waals surface area contributed by atoms with Gasteiger partial charge in [-0.15, -0.1) is 0 Å². The molecule has 1 aliphatic rings. The minimum absolute atomic E-state index is 0.0808. The van der Waals surface area contributed by atoms with Gasteiger partial charge in [0.2, 0.25) is 10.0 Å². The number of sulfonamides is 1. The van der Waals surface area contributed by atoms with E-state index in [0.717, 1.165) is 10.6 Å². The van der Waals surface area contributed by atoms with E-state index in [-0.39, 0.29) is 19.0 Å². The van der Waals surface area contributed by atoms with Crippen molar-refractivity contribution in [2.45, 2.75) is 6.92 Å². The number of hydrogen-bond acceptors (Lipinski definition) is 5. The minimum Gasteiger partial charge on any atom is -0.481 e. The molecular weight excluding hydrogens is 282 g/mol. The van der Waals surface area contributed by atoms with Crippen molar-refractivity contribution in [2.75, 3.05) is 30.9 Å². The molecule has 1 saturated heterocycles. The molecule has 0 aromatic heterocycles. The molecule has 0 amide bonds. The van der Waals surface area contributed by atoms with Crippen molar-refractivity contribution >= 4 is 25.8 Å². The van der Waals surface area contributed by atoms with Gasteiger partial charge in [0, 0.05) is 19.3 Å². The molecule has 1 heterocycles. The lowest BCUT2D eigenvalue weighted by Crippen LogP contribution is -2.34. The van der Waals surface area contributed by atoms with Crippen LogP contribution in [0.1, 0.15) is 6.92 Å². The second kappa shape index (κ2) is 5.14. The summed E-state index contributed by atoms with van der Waals surface area (Å²) in [5.74, 6) is -2.96. The molecule has 106 valence electrons. The topological polar surface area (TPSA) is 109 Å². The Hall–Kier alpha value is -0.670. The second-order valence-electron chi connectivity index (χ2n) is 4.68. The van der Waals surface area contributed by atoms with Gasteiger partial charge in [-0.2, -0.15) is 0 Å². The zero-order valence-corrected chi connectivity index (χ0v) is 11.9. The molecule has 0 aliphatic carbocycles. The van der Waals surface area contributed by atoms with E-state index >= 15 is 0 Å². The SMILES string of the molecule is CC1CN(S(=O)(=O)CCS(C)(=O)=O)CC1C(=O)O. The first-order valence-electron chi connectivity index (χ1n) is 5.41. The van der Waals surface area contributed by atoms with Gasteiger partial charge in [-0.25, -0.2) is 21.1 Å². The first kappa shape index (κ1) is 15.4. The van der Waals surface area contributed by atoms with Crippen LogP contribution in [0.5, 0.6) is 0 Å². The summed E-state index contributed by atoms with van der Waals surface area (Å²) in [5.41, 5.74) is 0. The predicted molar refractivity (Wildman–Crippen MR) is 65.4 cm³/mol. The molecule has 18 heavy (non-hydrogen) atoms. The van der Waals surface area contributed by atoms with Crippen molar-refractivity contribution in [3.63, 3.8) is 0 Å². The molecule has 0 aromatic rings. The van der Waals surface area contributed by atoms with Gasteiger partial charge in [0.05, 0.1) is 17.4 Å². The Bertz CT molecular complexity index is 523. The molecule has 0 radical (unpaired) electrons. The van der Waals surface area contributed by atoms with Crippen molar-refractivity contribution in [2.24, 2.45) is 11.8 Å². The Morgan fingerprint density at radius 1 is 1.22 bits per heavy atom. The molecule has 0 aromatic carbocycles. The van der Waals surface area contributed by atoms with Crippen LogP contribution in [0.25, 0.3) is 0 Å². The van der Waals surface area contributed by atoms with Crippen LogP contribution in [-0.2, 0) is 24.7 Å². The van der Waals surface area contributed by atoms with E-state index in [2.05, 4.69) is 0 Å². The summed E-state index contributed by atoms with van der Waals surface area (Å²) >= 11 is 0. The Kier molecular flexibility index (Phi) is 4.39. The molecule has 0 bridgehead atoms. The van der Waals surface area contributed by atoms with Crippen LogP contribution < -0.4 is 0 Å². The van der Waals surface area contributed by atoms with Gasteiger partial charge in [-0.05, 0) is 5.92 Å². The summed E-state index contributed by atoms with van der Waals surface area (Å²) in [5, 5.41) is 8.91. The molecule has 2 atom stereocenters. The fraction of sp³-hybridized carbons (Fsp3) is 0.889. The van der Waals surface area contributed by atoms with Gasteiger partial charge in [-0.1, -0.05) is 6.92 Å². The van der Waals surface area contributed by atoms with Gasteiger partial charge in [-0.3, -0.25) is 4.79 Å². The maximum atomic E-state index is 11.9. The van der Waals surface area contributed by atoms with E-state index in [9.17, 15) is 21.6 Å². The second-order valence-corrected chi connectivity index (χ2v) is 9.03. The highest BCUT2D eigenvalue weighted by atomic mass is 32.2. The van der Waals surface area contributed by atoms with Crippen LogP contribution in [0.3, 0.4) is 0 Å². The highest BCUT2D eigenvalue weighted by Gasteiger charge is 2.40. The fourth-order valence-corrected chi connectivity index (χ4v) is 5.02. The van der Waals surface area contributed by atoms with E-state index in [1.54, 1.807) is 6.92 Å². The van der Waals surface area contributed by atoms with E-state index in [0.29, 0.717) is 0 Å². The van der Waals surface area contributed by atoms with Crippen molar-refractivity contribution in [3.8, 4) is 0 Å². The van der Waals surface area contributed by atoms with Crippen LogP contribution in [0.2, 0.25) is 0 Å². The summed E-state index contributed by atoms with van der Waals surface area (Å²) in [7, 11) is -7.05. The normalized spacial score (nSPS) is 26.3. The van der Waals surface area contributed by atoms with Crippen LogP contribution in [-0.4, -0.2) is 63.1 Å². The van der Waals surface area contributed by atoms with E-state index in [1.807, 2.05) is 0 Å². The number of carboxylic acid groups (broad SMARTS) is 1. The maximum Gasteiger partial charge on any atom is 0.308 e. The first-order valence-corrected chi connectivity index (χ1v) is 9.08. The summed E-state index contributed by atoms with van der Waals surface area (Å²) < 4.78 is 46.7. The van der Waals surface area contributed by atoms with Gasteiger partial charge in [0.15, 0.2) is 0 Å². The van der Waals surface area contributed by atoms with E-state index < -0.39 is 43.3 Å². The quantitative estimate of drug-likeness (QED) is 0.698. The summed E-state index contributed by atoms with van der Waals surface area (Å²) in [6, 6.07) is 0. The number of carbonyl (C=O) groups is 1. The molecule has 1 N–H and O–H groups in total. The average molecular weight is 299 g/mol. The molecule has 1 aliphatic heterocycles. The lowest BCUT2D eigenvalue weighted by atomic mass is 9.99. The highest BCUT2D eigenvalue weighted by molar-refractivity contribution is 7.93. The average Bonchev–Trinajstić information content (AvgIpc) is 2.57. The third-order valence-electron chi connectivity index (χ3n) is 3.00. The Morgan fingerprint density at radius 2 is 1.78 bits per heavy atom. The first-order chi connectivity index (χ1) is 8.03. The molecule has 1 rings (SSSR count). The number of nitrogens with zero attached hydrogens (tertiary/aromatic N) is 1. The molecule has 7 nitrogen and oxygen atoms in total. The predicted octanol–water partition coefficient (Wildman–Crippen LogP) is -0.987. The molecule has 1 fully saturated rings. The Labute approximate surface area is 107 Å². The maximum absolute atomic E-state index is 11.9. The lowest BCUT2D eigenvalue weighted by molar-refractivity contribution is -0.142. The van der Waals surface area contributed by atoms with E-state index in [4.69, 9.17) is 5.11 Å². The third-order valence-corrected chi connectivity index (χ3v) is 6.01. The summed E-state index contributed by atoms with van der Waals surface area (Å²) in [4.78, 5) is 10.9. The molecular formula is C9H17NO6S2. The summed E-state index contributed by atoms with van der Waals surface area (Å²) in [6.07, 6.45) is 0.967. The smallest absolute Gasteiger partial charge is 0.308 e. The number of sulfone groups is 1. The number of carboxylic acids is 1. The van der Waals surface area contributed by atoms with Crippen LogP contribution in [0.4, 0.5) is 0 Å². The van der Waals surface area contributed by atoms with Crippen LogP contribution >= 0.6 is 0 Å². The van der Waals surface area contributed by atoms with Gasteiger partial charge in [0.25, 0.3) is 0 Å². The standard InChI is InChI=1S/C9H17NO6S2/c1-7-5-10(6-8(7)9(11)12)18(15,16)4-3-17(2,13)14/h7-8H,3-6H2,1-2H3,(H,11,12). The zero-order chi connectivity index (χ0) is 14.1. The minimum atomic E-state index is -3.70. The number of aliphatic carboxylic acids is 1. The fourth-order valence-electron chi connectivity index (χ4n) is 1.86. The van der Waals surface area contributed by atoms with Gasteiger partial charge >= 0.3 is 5.97 Å². The van der Waals surface area contributed by atoms with Crippen molar-refractivity contribution < 1.29 is 26.7 Å². The lowest BCUT2D eigenvalue weighted by Gasteiger charge is -2.15. The van der Waals surface area contributed by atoms with Crippen molar-refractivity contribution in [1.29, 1.82) is 0 Å². The van der Waals surface area contributed by atoms with Crippen molar-refractivity contribution in [1.82, 2.24) is 4.31 Å². The third kappa shape index (κ3) is 3.92. The Balaban J connectivity index is 2.74. The largest absolute Gasteiger partial charge is 0.481 e. The van der Waals surface area contributed by atoms with Crippen LogP contribution in [0.15, 0.2) is 0 Å². The highest BCUT2D eigenvalue weighted by Crippen LogP contribution is 2.25. The molecule has 2 unspecified atom stereocenters. The van der Waals surface area contributed by atoms with Crippen LogP contribution in [0, 0.1) is 11.8 Å². The van der Waals surface area contributed by atoms with Gasteiger partial charge in [0.1, 0.15) is 9.84 Å². The molecule has 0 saturated carbocycles. The zero-order valence-electron chi connectivity index (χ0n) is 10.2. The van der Waals surface area contributed by atoms with E-state index in [1.165, 1.54) is 0 Å². The number of rotatable bonds is 5. The molecule has 9 heteroatoms. The van der Waals surface area contributed by atoms with Gasteiger partial charge < -0.3 is 5.11 Å². The number of hydrogen-bond donors (Lipinski definition) is 1. The van der Waals surface area contributed by atoms with Crippen molar-refractivity contribution in [3.05, 3.63) is 0 Å². The molecule has 0 spiro atoms.